The van der Waals surface area contributed by atoms with Crippen LogP contribution >= 0.6 is 0 Å². The minimum atomic E-state index is 0.0856. The van der Waals surface area contributed by atoms with Gasteiger partial charge in [-0.15, -0.1) is 0 Å². The Labute approximate surface area is 128 Å². The number of anilines is 2. The first kappa shape index (κ1) is 17.5. The lowest BCUT2D eigenvalue weighted by molar-refractivity contribution is -0.116. The quantitative estimate of drug-likeness (QED) is 0.734. The highest BCUT2D eigenvalue weighted by molar-refractivity contribution is 5.94. The monoisotopic (exact) mass is 291 g/mol. The number of para-hydroxylation sites is 2. The largest absolute Gasteiger partial charge is 0.376 e. The van der Waals surface area contributed by atoms with Crippen molar-refractivity contribution >= 4 is 17.3 Å². The van der Waals surface area contributed by atoms with E-state index in [1.54, 1.807) is 0 Å². The summed E-state index contributed by atoms with van der Waals surface area (Å²) in [6.45, 7) is 2.88. The number of nitrogens with one attached hydrogen (secondary N) is 1. The number of carbonyl (C=O) groups is 1. The van der Waals surface area contributed by atoms with Gasteiger partial charge in [-0.3, -0.25) is 4.79 Å². The zero-order valence-corrected chi connectivity index (χ0v) is 13.6. The molecule has 0 saturated carbocycles. The number of nitrogens with two attached hydrogens (primary N) is 1. The second-order valence-corrected chi connectivity index (χ2v) is 5.73. The molecule has 4 nitrogen and oxygen atoms in total. The molecule has 0 saturated heterocycles. The molecule has 1 unspecified atom stereocenters. The second kappa shape index (κ2) is 9.40. The van der Waals surface area contributed by atoms with E-state index >= 15 is 0 Å². The molecule has 0 aliphatic carbocycles. The molecule has 0 heterocycles. The van der Waals surface area contributed by atoms with E-state index in [1.165, 1.54) is 0 Å². The van der Waals surface area contributed by atoms with Crippen molar-refractivity contribution in [3.05, 3.63) is 24.3 Å². The van der Waals surface area contributed by atoms with Crippen molar-refractivity contribution in [2.45, 2.75) is 39.0 Å². The van der Waals surface area contributed by atoms with E-state index in [1.807, 2.05) is 43.3 Å². The van der Waals surface area contributed by atoms with Crippen molar-refractivity contribution in [2.75, 3.05) is 30.9 Å². The van der Waals surface area contributed by atoms with Crippen LogP contribution in [0.25, 0.3) is 0 Å². The highest BCUT2D eigenvalue weighted by Gasteiger charge is 2.12. The van der Waals surface area contributed by atoms with E-state index in [9.17, 15) is 4.79 Å². The smallest absolute Gasteiger partial charge is 0.224 e. The van der Waals surface area contributed by atoms with Crippen LogP contribution in [-0.4, -0.2) is 26.5 Å². The fourth-order valence-electron chi connectivity index (χ4n) is 2.59. The lowest BCUT2D eigenvalue weighted by atomic mass is 9.94. The van der Waals surface area contributed by atoms with Gasteiger partial charge >= 0.3 is 0 Å². The number of hydrogen-bond acceptors (Lipinski definition) is 3. The van der Waals surface area contributed by atoms with Gasteiger partial charge in [-0.2, -0.15) is 0 Å². The molecule has 118 valence electrons. The minimum absolute atomic E-state index is 0.0856. The van der Waals surface area contributed by atoms with E-state index in [2.05, 4.69) is 12.2 Å². The number of rotatable bonds is 9. The van der Waals surface area contributed by atoms with Gasteiger partial charge in [0.2, 0.25) is 5.91 Å². The van der Waals surface area contributed by atoms with Crippen LogP contribution < -0.4 is 16.0 Å². The fourth-order valence-corrected chi connectivity index (χ4v) is 2.59. The van der Waals surface area contributed by atoms with Crippen molar-refractivity contribution in [3.63, 3.8) is 0 Å². The van der Waals surface area contributed by atoms with Crippen molar-refractivity contribution in [1.82, 2.24) is 0 Å². The van der Waals surface area contributed by atoms with Crippen molar-refractivity contribution < 1.29 is 4.79 Å². The third-order valence-corrected chi connectivity index (χ3v) is 3.71. The van der Waals surface area contributed by atoms with Gasteiger partial charge in [-0.1, -0.05) is 31.9 Å². The lowest BCUT2D eigenvalue weighted by Gasteiger charge is -2.18. The van der Waals surface area contributed by atoms with Gasteiger partial charge in [0.1, 0.15) is 0 Å². The maximum atomic E-state index is 12.1. The molecule has 1 aromatic carbocycles. The van der Waals surface area contributed by atoms with Gasteiger partial charge in [0.25, 0.3) is 0 Å². The summed E-state index contributed by atoms with van der Waals surface area (Å²) in [5, 5.41) is 3.02. The summed E-state index contributed by atoms with van der Waals surface area (Å²) in [6.07, 6.45) is 4.79. The molecule has 0 bridgehead atoms. The number of nitrogens with zero attached hydrogens (tertiary/aromatic N) is 1. The summed E-state index contributed by atoms with van der Waals surface area (Å²) < 4.78 is 0. The summed E-state index contributed by atoms with van der Waals surface area (Å²) in [6, 6.07) is 7.86. The van der Waals surface area contributed by atoms with Gasteiger partial charge in [0.15, 0.2) is 0 Å². The molecule has 1 aromatic rings. The van der Waals surface area contributed by atoms with Gasteiger partial charge < -0.3 is 16.0 Å². The van der Waals surface area contributed by atoms with Crippen LogP contribution in [0.5, 0.6) is 0 Å². The molecule has 1 rings (SSSR count). The average Bonchev–Trinajstić information content (AvgIpc) is 2.45. The van der Waals surface area contributed by atoms with Crippen molar-refractivity contribution in [1.29, 1.82) is 0 Å². The number of carbonyl (C=O) groups excluding carboxylic acids is 1. The summed E-state index contributed by atoms with van der Waals surface area (Å²) in [4.78, 5) is 14.1. The first-order valence-corrected chi connectivity index (χ1v) is 7.84. The molecule has 0 aromatic heterocycles. The Bertz CT molecular complexity index is 426. The lowest BCUT2D eigenvalue weighted by Crippen LogP contribution is -2.18. The fraction of sp³-hybridized carbons (Fsp3) is 0.588. The van der Waals surface area contributed by atoms with Crippen LogP contribution in [0, 0.1) is 5.92 Å². The number of amides is 1. The molecule has 0 spiro atoms. The number of benzene rings is 1. The molecule has 0 aliphatic heterocycles. The Balaban J connectivity index is 2.53. The highest BCUT2D eigenvalue weighted by Crippen LogP contribution is 2.24. The van der Waals surface area contributed by atoms with Gasteiger partial charge in [-0.05, 0) is 37.4 Å². The summed E-state index contributed by atoms with van der Waals surface area (Å²) in [5.74, 6) is 0.650. The molecule has 4 heteroatoms. The Kier molecular flexibility index (Phi) is 7.83. The Morgan fingerprint density at radius 1 is 1.24 bits per heavy atom. The summed E-state index contributed by atoms with van der Waals surface area (Å²) >= 11 is 0. The van der Waals surface area contributed by atoms with E-state index in [-0.39, 0.29) is 5.91 Å². The van der Waals surface area contributed by atoms with E-state index in [4.69, 9.17) is 5.73 Å². The van der Waals surface area contributed by atoms with Crippen LogP contribution in [0.3, 0.4) is 0 Å². The first-order chi connectivity index (χ1) is 10.1. The maximum Gasteiger partial charge on any atom is 0.224 e. The van der Waals surface area contributed by atoms with E-state index in [0.717, 1.165) is 37.1 Å². The molecule has 0 fully saturated rings. The summed E-state index contributed by atoms with van der Waals surface area (Å²) in [7, 11) is 3.95. The molecule has 3 N–H and O–H groups in total. The topological polar surface area (TPSA) is 58.4 Å². The van der Waals surface area contributed by atoms with Crippen LogP contribution in [-0.2, 0) is 4.79 Å². The third kappa shape index (κ3) is 6.17. The second-order valence-electron chi connectivity index (χ2n) is 5.73. The number of hydrogen-bond donors (Lipinski definition) is 2. The van der Waals surface area contributed by atoms with Crippen LogP contribution in [0.2, 0.25) is 0 Å². The Morgan fingerprint density at radius 3 is 2.57 bits per heavy atom. The van der Waals surface area contributed by atoms with E-state index in [0.29, 0.717) is 18.9 Å². The molecular weight excluding hydrogens is 262 g/mol. The van der Waals surface area contributed by atoms with E-state index < -0.39 is 0 Å². The minimum Gasteiger partial charge on any atom is -0.376 e. The van der Waals surface area contributed by atoms with Crippen LogP contribution in [0.15, 0.2) is 24.3 Å². The molecule has 1 amide bonds. The predicted octanol–water partition coefficient (Wildman–Crippen LogP) is 3.24. The van der Waals surface area contributed by atoms with Gasteiger partial charge in [0, 0.05) is 20.5 Å². The normalized spacial score (nSPS) is 12.0. The molecule has 0 aliphatic rings. The highest BCUT2D eigenvalue weighted by atomic mass is 16.1. The standard InChI is InChI=1S/C17H29N3O/c1-4-7-14(12-13-18)10-11-17(21)19-15-8-5-6-9-16(15)20(2)3/h5-6,8-9,14H,4,7,10-13,18H2,1-3H3,(H,19,21). The molecular formula is C17H29N3O. The Morgan fingerprint density at radius 2 is 1.95 bits per heavy atom. The first-order valence-electron chi connectivity index (χ1n) is 7.84. The average molecular weight is 291 g/mol. The SMILES string of the molecule is CCCC(CCN)CCC(=O)Nc1ccccc1N(C)C. The molecule has 21 heavy (non-hydrogen) atoms. The van der Waals surface area contributed by atoms with Crippen LogP contribution in [0.4, 0.5) is 11.4 Å². The molecule has 0 radical (unpaired) electrons. The summed E-state index contributed by atoms with van der Waals surface area (Å²) in [5.41, 5.74) is 7.54. The van der Waals surface area contributed by atoms with Gasteiger partial charge in [-0.25, -0.2) is 0 Å². The van der Waals surface area contributed by atoms with Crippen LogP contribution in [0.1, 0.15) is 39.0 Å². The zero-order valence-electron chi connectivity index (χ0n) is 13.6. The zero-order chi connectivity index (χ0) is 15.7. The maximum absolute atomic E-state index is 12.1. The Hall–Kier alpha value is -1.55. The van der Waals surface area contributed by atoms with Crippen molar-refractivity contribution in [3.8, 4) is 0 Å². The third-order valence-electron chi connectivity index (χ3n) is 3.71. The predicted molar refractivity (Wildman–Crippen MR) is 90.7 cm³/mol. The molecule has 1 atom stereocenters. The van der Waals surface area contributed by atoms with Crippen molar-refractivity contribution in [2.24, 2.45) is 11.7 Å². The van der Waals surface area contributed by atoms with Gasteiger partial charge in [0.05, 0.1) is 11.4 Å².